The quantitative estimate of drug-likeness (QED) is 0.910. The van der Waals surface area contributed by atoms with Gasteiger partial charge >= 0.3 is 0 Å². The minimum absolute atomic E-state index is 0.0550. The first kappa shape index (κ1) is 12.4. The summed E-state index contributed by atoms with van der Waals surface area (Å²) in [5.41, 5.74) is 0.386. The number of aromatic nitrogens is 1. The molecule has 100 valence electrons. The Morgan fingerprint density at radius 2 is 2.53 bits per heavy atom. The zero-order valence-electron chi connectivity index (χ0n) is 10.6. The van der Waals surface area contributed by atoms with Gasteiger partial charge in [-0.2, -0.15) is 0 Å². The van der Waals surface area contributed by atoms with E-state index in [9.17, 15) is 4.79 Å². The van der Waals surface area contributed by atoms with Gasteiger partial charge < -0.3 is 14.7 Å². The van der Waals surface area contributed by atoms with Crippen LogP contribution in [0.15, 0.2) is 28.1 Å². The summed E-state index contributed by atoms with van der Waals surface area (Å²) in [4.78, 5) is 15.2. The molecule has 0 unspecified atom stereocenters. The normalized spacial score (nSPS) is 19.6. The molecule has 1 atom stereocenters. The third kappa shape index (κ3) is 2.41. The SMILES string of the molecule is C[C@@H]1CNCCN1C(=O)c1cc(-c2cccs2)on1. The summed E-state index contributed by atoms with van der Waals surface area (Å²) < 4.78 is 5.25. The van der Waals surface area contributed by atoms with Crippen LogP contribution in [0.25, 0.3) is 10.6 Å². The van der Waals surface area contributed by atoms with E-state index in [2.05, 4.69) is 10.5 Å². The van der Waals surface area contributed by atoms with Crippen LogP contribution in [0.4, 0.5) is 0 Å². The van der Waals surface area contributed by atoms with Crippen LogP contribution in [-0.4, -0.2) is 41.6 Å². The number of nitrogens with zero attached hydrogens (tertiary/aromatic N) is 2. The minimum Gasteiger partial charge on any atom is -0.355 e. The Hall–Kier alpha value is -1.66. The van der Waals surface area contributed by atoms with Crippen molar-refractivity contribution in [2.75, 3.05) is 19.6 Å². The van der Waals surface area contributed by atoms with Crippen molar-refractivity contribution >= 4 is 17.2 Å². The highest BCUT2D eigenvalue weighted by atomic mass is 32.1. The van der Waals surface area contributed by atoms with Crippen LogP contribution in [0.5, 0.6) is 0 Å². The highest BCUT2D eigenvalue weighted by Gasteiger charge is 2.26. The van der Waals surface area contributed by atoms with Gasteiger partial charge in [0.1, 0.15) is 0 Å². The van der Waals surface area contributed by atoms with Gasteiger partial charge in [-0.1, -0.05) is 11.2 Å². The molecule has 0 aliphatic carbocycles. The van der Waals surface area contributed by atoms with Gasteiger partial charge in [0.2, 0.25) is 0 Å². The smallest absolute Gasteiger partial charge is 0.276 e. The molecule has 1 aliphatic rings. The number of rotatable bonds is 2. The Balaban J connectivity index is 1.80. The second kappa shape index (κ2) is 5.14. The third-order valence-corrected chi connectivity index (χ3v) is 4.14. The van der Waals surface area contributed by atoms with E-state index in [1.807, 2.05) is 29.3 Å². The first-order valence-electron chi connectivity index (χ1n) is 6.28. The lowest BCUT2D eigenvalue weighted by Gasteiger charge is -2.33. The predicted molar refractivity (Wildman–Crippen MR) is 73.2 cm³/mol. The molecule has 5 nitrogen and oxygen atoms in total. The van der Waals surface area contributed by atoms with Gasteiger partial charge in [-0.25, -0.2) is 0 Å². The van der Waals surface area contributed by atoms with E-state index in [-0.39, 0.29) is 11.9 Å². The molecule has 1 fully saturated rings. The topological polar surface area (TPSA) is 58.4 Å². The number of piperazine rings is 1. The summed E-state index contributed by atoms with van der Waals surface area (Å²) in [5.74, 6) is 0.599. The zero-order chi connectivity index (χ0) is 13.2. The van der Waals surface area contributed by atoms with Gasteiger partial charge in [0, 0.05) is 31.7 Å². The maximum absolute atomic E-state index is 12.4. The van der Waals surface area contributed by atoms with Crippen molar-refractivity contribution in [1.29, 1.82) is 0 Å². The van der Waals surface area contributed by atoms with Gasteiger partial charge in [0.05, 0.1) is 4.88 Å². The third-order valence-electron chi connectivity index (χ3n) is 3.26. The molecular weight excluding hydrogens is 262 g/mol. The Bertz CT molecular complexity index is 564. The summed E-state index contributed by atoms with van der Waals surface area (Å²) in [7, 11) is 0. The average molecular weight is 277 g/mol. The van der Waals surface area contributed by atoms with Crippen molar-refractivity contribution in [2.24, 2.45) is 0 Å². The fraction of sp³-hybridized carbons (Fsp3) is 0.385. The van der Waals surface area contributed by atoms with Crippen molar-refractivity contribution in [1.82, 2.24) is 15.4 Å². The first-order valence-corrected chi connectivity index (χ1v) is 7.16. The van der Waals surface area contributed by atoms with E-state index in [0.717, 1.165) is 18.0 Å². The number of carbonyl (C=O) groups is 1. The van der Waals surface area contributed by atoms with E-state index in [0.29, 0.717) is 18.0 Å². The van der Waals surface area contributed by atoms with Crippen LogP contribution in [0.3, 0.4) is 0 Å². The van der Waals surface area contributed by atoms with Gasteiger partial charge in [-0.05, 0) is 18.4 Å². The van der Waals surface area contributed by atoms with E-state index in [1.54, 1.807) is 17.4 Å². The lowest BCUT2D eigenvalue weighted by Crippen LogP contribution is -2.52. The summed E-state index contributed by atoms with van der Waals surface area (Å²) >= 11 is 1.57. The van der Waals surface area contributed by atoms with Gasteiger partial charge in [-0.15, -0.1) is 11.3 Å². The maximum atomic E-state index is 12.4. The number of thiophene rings is 1. The number of amides is 1. The molecule has 0 bridgehead atoms. The first-order chi connectivity index (χ1) is 9.25. The monoisotopic (exact) mass is 277 g/mol. The molecule has 0 saturated carbocycles. The van der Waals surface area contributed by atoms with Crippen molar-refractivity contribution in [3.05, 3.63) is 29.3 Å². The zero-order valence-corrected chi connectivity index (χ0v) is 11.4. The average Bonchev–Trinajstić information content (AvgIpc) is 3.09. The molecule has 0 radical (unpaired) electrons. The Kier molecular flexibility index (Phi) is 3.35. The van der Waals surface area contributed by atoms with E-state index in [1.165, 1.54) is 0 Å². The van der Waals surface area contributed by atoms with Gasteiger partial charge in [0.15, 0.2) is 11.5 Å². The lowest BCUT2D eigenvalue weighted by atomic mass is 10.2. The number of hydrogen-bond acceptors (Lipinski definition) is 5. The highest BCUT2D eigenvalue weighted by Crippen LogP contribution is 2.25. The van der Waals surface area contributed by atoms with E-state index in [4.69, 9.17) is 4.52 Å². The van der Waals surface area contributed by atoms with Gasteiger partial charge in [-0.3, -0.25) is 4.79 Å². The van der Waals surface area contributed by atoms with E-state index < -0.39 is 0 Å². The van der Waals surface area contributed by atoms with Crippen molar-refractivity contribution in [3.8, 4) is 10.6 Å². The van der Waals surface area contributed by atoms with Gasteiger partial charge in [0.25, 0.3) is 5.91 Å². The molecule has 1 N–H and O–H groups in total. The molecule has 3 rings (SSSR count). The van der Waals surface area contributed by atoms with Crippen molar-refractivity contribution < 1.29 is 9.32 Å². The van der Waals surface area contributed by atoms with Crippen LogP contribution in [0.1, 0.15) is 17.4 Å². The molecular formula is C13H15N3O2S. The fourth-order valence-corrected chi connectivity index (χ4v) is 2.87. The largest absolute Gasteiger partial charge is 0.355 e. The lowest BCUT2D eigenvalue weighted by molar-refractivity contribution is 0.0645. The molecule has 0 aromatic carbocycles. The summed E-state index contributed by atoms with van der Waals surface area (Å²) in [6.45, 7) is 4.39. The van der Waals surface area contributed by atoms with E-state index >= 15 is 0 Å². The van der Waals surface area contributed by atoms with Crippen LogP contribution >= 0.6 is 11.3 Å². The fourth-order valence-electron chi connectivity index (χ4n) is 2.20. The molecule has 19 heavy (non-hydrogen) atoms. The summed E-state index contributed by atoms with van der Waals surface area (Å²) in [6.07, 6.45) is 0. The molecule has 1 amide bonds. The number of nitrogens with one attached hydrogen (secondary N) is 1. The molecule has 3 heterocycles. The second-order valence-electron chi connectivity index (χ2n) is 4.61. The molecule has 1 aliphatic heterocycles. The summed E-state index contributed by atoms with van der Waals surface area (Å²) in [5, 5.41) is 9.13. The minimum atomic E-state index is -0.0550. The summed E-state index contributed by atoms with van der Waals surface area (Å²) in [6, 6.07) is 5.81. The van der Waals surface area contributed by atoms with Crippen LogP contribution in [-0.2, 0) is 0 Å². The molecule has 6 heteroatoms. The number of hydrogen-bond donors (Lipinski definition) is 1. The molecule has 2 aromatic rings. The van der Waals surface area contributed by atoms with Crippen LogP contribution in [0, 0.1) is 0 Å². The van der Waals surface area contributed by atoms with Crippen LogP contribution in [0.2, 0.25) is 0 Å². The Morgan fingerprint density at radius 3 is 3.26 bits per heavy atom. The standard InChI is InChI=1S/C13H15N3O2S/c1-9-8-14-4-5-16(9)13(17)10-7-11(18-15-10)12-3-2-6-19-12/h2-3,6-7,9,14H,4-5,8H2,1H3/t9-/m1/s1. The molecule has 1 saturated heterocycles. The molecule has 2 aromatic heterocycles. The molecule has 0 spiro atoms. The predicted octanol–water partition coefficient (Wildman–Crippen LogP) is 1.84. The Morgan fingerprint density at radius 1 is 1.63 bits per heavy atom. The Labute approximate surface area is 115 Å². The highest BCUT2D eigenvalue weighted by molar-refractivity contribution is 7.13. The van der Waals surface area contributed by atoms with Crippen molar-refractivity contribution in [3.63, 3.8) is 0 Å². The second-order valence-corrected chi connectivity index (χ2v) is 5.55. The number of carbonyl (C=O) groups excluding carboxylic acids is 1. The maximum Gasteiger partial charge on any atom is 0.276 e. The van der Waals surface area contributed by atoms with Crippen molar-refractivity contribution in [2.45, 2.75) is 13.0 Å². The van der Waals surface area contributed by atoms with Crippen LogP contribution < -0.4 is 5.32 Å².